The molecule has 1 atom stereocenters. The molecule has 0 bridgehead atoms. The predicted molar refractivity (Wildman–Crippen MR) is 81.4 cm³/mol. The second-order valence-corrected chi connectivity index (χ2v) is 5.68. The highest BCUT2D eigenvalue weighted by atomic mass is 32.1. The first kappa shape index (κ1) is 14.5. The molecule has 0 spiro atoms. The van der Waals surface area contributed by atoms with Gasteiger partial charge in [0.1, 0.15) is 5.75 Å². The third-order valence-corrected chi connectivity index (χ3v) is 3.93. The van der Waals surface area contributed by atoms with Gasteiger partial charge in [0.2, 0.25) is 0 Å². The Labute approximate surface area is 122 Å². The van der Waals surface area contributed by atoms with Crippen LogP contribution >= 0.6 is 11.3 Å². The van der Waals surface area contributed by atoms with Crippen molar-refractivity contribution in [3.63, 3.8) is 0 Å². The number of aromatic nitrogens is 1. The standard InChI is InChI=1S/C15H18N2O2S/c1-4-13(19-12-8-6-5-7-9-12)14(18)17-15-16-10(2)11(3)20-15/h5-9,13H,4H2,1-3H3,(H,16,17,18). The van der Waals surface area contributed by atoms with Crippen molar-refractivity contribution in [2.75, 3.05) is 5.32 Å². The summed E-state index contributed by atoms with van der Waals surface area (Å²) in [6.07, 6.45) is 0.0891. The van der Waals surface area contributed by atoms with Gasteiger partial charge in [-0.25, -0.2) is 4.98 Å². The van der Waals surface area contributed by atoms with Crippen LogP contribution in [0.5, 0.6) is 5.75 Å². The molecule has 2 rings (SSSR count). The van der Waals surface area contributed by atoms with Crippen molar-refractivity contribution in [1.82, 2.24) is 4.98 Å². The third-order valence-electron chi connectivity index (χ3n) is 2.94. The molecule has 1 amide bonds. The minimum atomic E-state index is -0.512. The number of benzene rings is 1. The number of aryl methyl sites for hydroxylation is 2. The zero-order valence-corrected chi connectivity index (χ0v) is 12.7. The zero-order chi connectivity index (χ0) is 14.5. The minimum Gasteiger partial charge on any atom is -0.481 e. The Morgan fingerprint density at radius 1 is 1.35 bits per heavy atom. The Morgan fingerprint density at radius 3 is 2.60 bits per heavy atom. The zero-order valence-electron chi connectivity index (χ0n) is 11.8. The maximum absolute atomic E-state index is 12.2. The second kappa shape index (κ2) is 6.52. The van der Waals surface area contributed by atoms with Gasteiger partial charge in [-0.1, -0.05) is 25.1 Å². The van der Waals surface area contributed by atoms with E-state index in [1.54, 1.807) is 0 Å². The largest absolute Gasteiger partial charge is 0.481 e. The molecule has 4 nitrogen and oxygen atoms in total. The Morgan fingerprint density at radius 2 is 2.05 bits per heavy atom. The molecule has 0 aliphatic heterocycles. The van der Waals surface area contributed by atoms with Crippen LogP contribution in [0, 0.1) is 13.8 Å². The summed E-state index contributed by atoms with van der Waals surface area (Å²) in [6.45, 7) is 5.84. The number of nitrogens with one attached hydrogen (secondary N) is 1. The van der Waals surface area contributed by atoms with Crippen LogP contribution in [0.25, 0.3) is 0 Å². The summed E-state index contributed by atoms with van der Waals surface area (Å²) in [5.41, 5.74) is 0.947. The molecule has 1 unspecified atom stereocenters. The van der Waals surface area contributed by atoms with Crippen molar-refractivity contribution >= 4 is 22.4 Å². The van der Waals surface area contributed by atoms with Crippen LogP contribution < -0.4 is 10.1 Å². The van der Waals surface area contributed by atoms with Crippen LogP contribution in [0.4, 0.5) is 5.13 Å². The SMILES string of the molecule is CCC(Oc1ccccc1)C(=O)Nc1nc(C)c(C)s1. The molecule has 1 heterocycles. The van der Waals surface area contributed by atoms with Crippen LogP contribution in [0.2, 0.25) is 0 Å². The van der Waals surface area contributed by atoms with E-state index in [0.717, 1.165) is 10.6 Å². The van der Waals surface area contributed by atoms with Crippen molar-refractivity contribution < 1.29 is 9.53 Å². The van der Waals surface area contributed by atoms with E-state index < -0.39 is 6.10 Å². The van der Waals surface area contributed by atoms with Gasteiger partial charge >= 0.3 is 0 Å². The molecule has 0 radical (unpaired) electrons. The summed E-state index contributed by atoms with van der Waals surface area (Å²) in [7, 11) is 0. The van der Waals surface area contributed by atoms with E-state index in [0.29, 0.717) is 17.3 Å². The number of amides is 1. The van der Waals surface area contributed by atoms with E-state index in [1.807, 2.05) is 51.1 Å². The minimum absolute atomic E-state index is 0.162. The Hall–Kier alpha value is -1.88. The smallest absolute Gasteiger partial charge is 0.267 e. The maximum atomic E-state index is 12.2. The Kier molecular flexibility index (Phi) is 4.74. The number of carbonyl (C=O) groups is 1. The Balaban J connectivity index is 2.02. The first-order chi connectivity index (χ1) is 9.60. The van der Waals surface area contributed by atoms with E-state index >= 15 is 0 Å². The molecule has 1 N–H and O–H groups in total. The highest BCUT2D eigenvalue weighted by molar-refractivity contribution is 7.15. The second-order valence-electron chi connectivity index (χ2n) is 4.48. The molecule has 5 heteroatoms. The fourth-order valence-electron chi connectivity index (χ4n) is 1.70. The van der Waals surface area contributed by atoms with Gasteiger partial charge in [0.05, 0.1) is 5.69 Å². The maximum Gasteiger partial charge on any atom is 0.267 e. The topological polar surface area (TPSA) is 51.2 Å². The normalized spacial score (nSPS) is 11.9. The van der Waals surface area contributed by atoms with Crippen LogP contribution in [0.1, 0.15) is 23.9 Å². The highest BCUT2D eigenvalue weighted by Crippen LogP contribution is 2.22. The number of ether oxygens (including phenoxy) is 1. The lowest BCUT2D eigenvalue weighted by atomic mass is 10.2. The van der Waals surface area contributed by atoms with E-state index in [2.05, 4.69) is 10.3 Å². The summed E-state index contributed by atoms with van der Waals surface area (Å²) in [6, 6.07) is 9.36. The van der Waals surface area contributed by atoms with Crippen molar-refractivity contribution in [3.05, 3.63) is 40.9 Å². The fourth-order valence-corrected chi connectivity index (χ4v) is 2.52. The summed E-state index contributed by atoms with van der Waals surface area (Å²) in [5, 5.41) is 3.44. The van der Waals surface area contributed by atoms with Crippen molar-refractivity contribution in [2.45, 2.75) is 33.3 Å². The van der Waals surface area contributed by atoms with Crippen molar-refractivity contribution in [2.24, 2.45) is 0 Å². The number of nitrogens with zero attached hydrogens (tertiary/aromatic N) is 1. The molecule has 106 valence electrons. The van der Waals surface area contributed by atoms with E-state index in [-0.39, 0.29) is 5.91 Å². The van der Waals surface area contributed by atoms with Crippen molar-refractivity contribution in [1.29, 1.82) is 0 Å². The number of rotatable bonds is 5. The molecule has 2 aromatic rings. The van der Waals surface area contributed by atoms with Crippen molar-refractivity contribution in [3.8, 4) is 5.75 Å². The average Bonchev–Trinajstić information content (AvgIpc) is 2.75. The van der Waals surface area contributed by atoms with Gasteiger partial charge in [-0.3, -0.25) is 10.1 Å². The van der Waals surface area contributed by atoms with Gasteiger partial charge in [-0.2, -0.15) is 0 Å². The van der Waals surface area contributed by atoms with Gasteiger partial charge in [0.25, 0.3) is 5.91 Å². The quantitative estimate of drug-likeness (QED) is 0.916. The van der Waals surface area contributed by atoms with Crippen LogP contribution in [0.15, 0.2) is 30.3 Å². The molecular formula is C15H18N2O2S. The number of hydrogen-bond acceptors (Lipinski definition) is 4. The van der Waals surface area contributed by atoms with Gasteiger partial charge in [0.15, 0.2) is 11.2 Å². The van der Waals surface area contributed by atoms with E-state index in [9.17, 15) is 4.79 Å². The molecule has 0 saturated carbocycles. The number of para-hydroxylation sites is 1. The molecule has 0 fully saturated rings. The van der Waals surface area contributed by atoms with E-state index in [1.165, 1.54) is 11.3 Å². The fraction of sp³-hybridized carbons (Fsp3) is 0.333. The number of anilines is 1. The lowest BCUT2D eigenvalue weighted by molar-refractivity contribution is -0.122. The molecule has 1 aromatic heterocycles. The summed E-state index contributed by atoms with van der Waals surface area (Å²) in [5.74, 6) is 0.533. The molecule has 0 aliphatic carbocycles. The summed E-state index contributed by atoms with van der Waals surface area (Å²) >= 11 is 1.48. The average molecular weight is 290 g/mol. The first-order valence-electron chi connectivity index (χ1n) is 6.56. The molecule has 1 aromatic carbocycles. The molecule has 0 saturated heterocycles. The predicted octanol–water partition coefficient (Wildman–Crippen LogP) is 3.56. The van der Waals surface area contributed by atoms with Crippen LogP contribution in [-0.2, 0) is 4.79 Å². The Bertz CT molecular complexity index is 561. The monoisotopic (exact) mass is 290 g/mol. The number of thiazole rings is 1. The summed E-state index contributed by atoms with van der Waals surface area (Å²) in [4.78, 5) is 17.6. The summed E-state index contributed by atoms with van der Waals surface area (Å²) < 4.78 is 5.70. The lowest BCUT2D eigenvalue weighted by Gasteiger charge is -2.16. The first-order valence-corrected chi connectivity index (χ1v) is 7.38. The lowest BCUT2D eigenvalue weighted by Crippen LogP contribution is -2.32. The van der Waals surface area contributed by atoms with Crippen LogP contribution in [-0.4, -0.2) is 17.0 Å². The van der Waals surface area contributed by atoms with Gasteiger partial charge in [0, 0.05) is 4.88 Å². The highest BCUT2D eigenvalue weighted by Gasteiger charge is 2.19. The van der Waals surface area contributed by atoms with E-state index in [4.69, 9.17) is 4.74 Å². The molecule has 0 aliphatic rings. The number of hydrogen-bond donors (Lipinski definition) is 1. The van der Waals surface area contributed by atoms with Crippen LogP contribution in [0.3, 0.4) is 0 Å². The number of carbonyl (C=O) groups excluding carboxylic acids is 1. The van der Waals surface area contributed by atoms with Gasteiger partial charge in [-0.05, 0) is 32.4 Å². The molecule has 20 heavy (non-hydrogen) atoms. The van der Waals surface area contributed by atoms with Gasteiger partial charge in [-0.15, -0.1) is 11.3 Å². The van der Waals surface area contributed by atoms with Gasteiger partial charge < -0.3 is 4.74 Å². The third kappa shape index (κ3) is 3.57. The molecular weight excluding hydrogens is 272 g/mol.